The van der Waals surface area contributed by atoms with E-state index in [4.69, 9.17) is 23.7 Å². The zero-order valence-electron chi connectivity index (χ0n) is 17.2. The standard InChI is InChI=1S/C21H30O9/c1-3-18(22)27-12-7-5-9-20(24)29-16-11-14-26-15-17(16)30-21(25)10-6-8-13-28-19(23)4-2/h3-4,16-17H,1-2,5-15H2/t16-,17+/m0/s1. The van der Waals surface area contributed by atoms with E-state index >= 15 is 0 Å². The summed E-state index contributed by atoms with van der Waals surface area (Å²) >= 11 is 0. The minimum absolute atomic E-state index is 0.159. The molecule has 0 bridgehead atoms. The maximum absolute atomic E-state index is 12.0. The van der Waals surface area contributed by atoms with Gasteiger partial charge in [0.15, 0.2) is 6.10 Å². The first-order chi connectivity index (χ1) is 14.5. The number of esters is 4. The summed E-state index contributed by atoms with van der Waals surface area (Å²) < 4.78 is 25.9. The second-order valence-electron chi connectivity index (χ2n) is 6.58. The Hall–Kier alpha value is -2.68. The normalized spacial score (nSPS) is 18.0. The molecule has 0 aliphatic carbocycles. The van der Waals surface area contributed by atoms with Gasteiger partial charge in [0, 0.05) is 31.4 Å². The lowest BCUT2D eigenvalue weighted by atomic mass is 10.1. The Morgan fingerprint density at radius 2 is 1.30 bits per heavy atom. The van der Waals surface area contributed by atoms with Crippen molar-refractivity contribution >= 4 is 23.9 Å². The molecule has 0 spiro atoms. The SMILES string of the molecule is C=CC(=O)OCCCCC(=O)O[C@H]1CCOC[C@H]1OC(=O)CCCCOC(=O)C=C. The zero-order valence-corrected chi connectivity index (χ0v) is 17.2. The fraction of sp³-hybridized carbons (Fsp3) is 0.619. The van der Waals surface area contributed by atoms with Crippen LogP contribution >= 0.6 is 0 Å². The Morgan fingerprint density at radius 3 is 1.80 bits per heavy atom. The van der Waals surface area contributed by atoms with Crippen LogP contribution in [0, 0.1) is 0 Å². The van der Waals surface area contributed by atoms with E-state index in [0.717, 1.165) is 12.2 Å². The Balaban J connectivity index is 2.25. The number of hydrogen-bond donors (Lipinski definition) is 0. The number of ether oxygens (including phenoxy) is 5. The van der Waals surface area contributed by atoms with Crippen molar-refractivity contribution in [3.63, 3.8) is 0 Å². The first-order valence-electron chi connectivity index (χ1n) is 10.0. The molecule has 1 aliphatic rings. The zero-order chi connectivity index (χ0) is 22.2. The number of hydrogen-bond acceptors (Lipinski definition) is 9. The highest BCUT2D eigenvalue weighted by Gasteiger charge is 2.32. The summed E-state index contributed by atoms with van der Waals surface area (Å²) in [5.41, 5.74) is 0. The second-order valence-corrected chi connectivity index (χ2v) is 6.58. The van der Waals surface area contributed by atoms with Gasteiger partial charge in [-0.3, -0.25) is 9.59 Å². The lowest BCUT2D eigenvalue weighted by Crippen LogP contribution is -2.43. The fourth-order valence-electron chi connectivity index (χ4n) is 2.60. The molecule has 1 aliphatic heterocycles. The Labute approximate surface area is 176 Å². The van der Waals surface area contributed by atoms with Crippen LogP contribution in [-0.2, 0) is 42.9 Å². The van der Waals surface area contributed by atoms with Gasteiger partial charge in [-0.05, 0) is 25.7 Å². The van der Waals surface area contributed by atoms with Crippen molar-refractivity contribution in [3.05, 3.63) is 25.3 Å². The van der Waals surface area contributed by atoms with E-state index < -0.39 is 36.1 Å². The summed E-state index contributed by atoms with van der Waals surface area (Å²) in [4.78, 5) is 45.9. The van der Waals surface area contributed by atoms with Crippen LogP contribution in [0.5, 0.6) is 0 Å². The molecule has 9 heteroatoms. The Kier molecular flexibility index (Phi) is 12.8. The largest absolute Gasteiger partial charge is 0.463 e. The highest BCUT2D eigenvalue weighted by Crippen LogP contribution is 2.17. The number of rotatable bonds is 14. The minimum atomic E-state index is -0.651. The van der Waals surface area contributed by atoms with Crippen molar-refractivity contribution in [1.29, 1.82) is 0 Å². The first kappa shape index (κ1) is 25.4. The molecular formula is C21H30O9. The van der Waals surface area contributed by atoms with E-state index in [2.05, 4.69) is 13.2 Å². The molecule has 9 nitrogen and oxygen atoms in total. The highest BCUT2D eigenvalue weighted by atomic mass is 16.6. The van der Waals surface area contributed by atoms with Gasteiger partial charge in [0.25, 0.3) is 0 Å². The minimum Gasteiger partial charge on any atom is -0.463 e. The summed E-state index contributed by atoms with van der Waals surface area (Å²) in [7, 11) is 0. The van der Waals surface area contributed by atoms with Crippen molar-refractivity contribution in [2.75, 3.05) is 26.4 Å². The molecule has 0 aromatic carbocycles. The molecule has 2 atom stereocenters. The molecule has 0 amide bonds. The summed E-state index contributed by atoms with van der Waals surface area (Å²) in [6.45, 7) is 7.59. The molecule has 0 radical (unpaired) electrons. The van der Waals surface area contributed by atoms with E-state index in [1.165, 1.54) is 0 Å². The van der Waals surface area contributed by atoms with Gasteiger partial charge < -0.3 is 23.7 Å². The van der Waals surface area contributed by atoms with Gasteiger partial charge in [0.05, 0.1) is 26.4 Å². The van der Waals surface area contributed by atoms with Gasteiger partial charge in [-0.25, -0.2) is 9.59 Å². The predicted molar refractivity (Wildman–Crippen MR) is 105 cm³/mol. The van der Waals surface area contributed by atoms with E-state index in [1.807, 2.05) is 0 Å². The van der Waals surface area contributed by atoms with E-state index in [-0.39, 0.29) is 32.7 Å². The molecule has 1 heterocycles. The van der Waals surface area contributed by atoms with Crippen LogP contribution < -0.4 is 0 Å². The smallest absolute Gasteiger partial charge is 0.330 e. The molecule has 0 aromatic heterocycles. The van der Waals surface area contributed by atoms with Crippen molar-refractivity contribution in [2.45, 2.75) is 57.2 Å². The summed E-state index contributed by atoms with van der Waals surface area (Å²) in [5, 5.41) is 0. The lowest BCUT2D eigenvalue weighted by Gasteiger charge is -2.30. The third-order valence-corrected chi connectivity index (χ3v) is 4.18. The van der Waals surface area contributed by atoms with Crippen LogP contribution in [0.15, 0.2) is 25.3 Å². The summed E-state index contributed by atoms with van der Waals surface area (Å²) in [5.74, 6) is -1.82. The van der Waals surface area contributed by atoms with Gasteiger partial charge in [0.1, 0.15) is 6.10 Å². The predicted octanol–water partition coefficient (Wildman–Crippen LogP) is 2.03. The van der Waals surface area contributed by atoms with Crippen molar-refractivity contribution in [3.8, 4) is 0 Å². The molecule has 1 fully saturated rings. The van der Waals surface area contributed by atoms with E-state index in [0.29, 0.717) is 38.7 Å². The Morgan fingerprint density at radius 1 is 0.800 bits per heavy atom. The highest BCUT2D eigenvalue weighted by molar-refractivity contribution is 5.81. The third-order valence-electron chi connectivity index (χ3n) is 4.18. The molecular weight excluding hydrogens is 396 g/mol. The molecule has 0 unspecified atom stereocenters. The molecule has 0 N–H and O–H groups in total. The van der Waals surface area contributed by atoms with Gasteiger partial charge >= 0.3 is 23.9 Å². The number of carbonyl (C=O) groups excluding carboxylic acids is 4. The second kappa shape index (κ2) is 15.2. The molecule has 1 saturated heterocycles. The van der Waals surface area contributed by atoms with Crippen LogP contribution in [0.1, 0.15) is 44.9 Å². The average molecular weight is 426 g/mol. The van der Waals surface area contributed by atoms with E-state index in [1.54, 1.807) is 0 Å². The van der Waals surface area contributed by atoms with E-state index in [9.17, 15) is 19.2 Å². The van der Waals surface area contributed by atoms with Crippen LogP contribution in [0.25, 0.3) is 0 Å². The number of unbranched alkanes of at least 4 members (excludes halogenated alkanes) is 2. The van der Waals surface area contributed by atoms with Crippen LogP contribution in [0.2, 0.25) is 0 Å². The maximum atomic E-state index is 12.0. The third kappa shape index (κ3) is 11.4. The van der Waals surface area contributed by atoms with Gasteiger partial charge in [-0.1, -0.05) is 13.2 Å². The Bertz CT molecular complexity index is 547. The molecule has 1 rings (SSSR count). The molecule has 0 aromatic rings. The van der Waals surface area contributed by atoms with Crippen LogP contribution in [0.3, 0.4) is 0 Å². The lowest BCUT2D eigenvalue weighted by molar-refractivity contribution is -0.182. The molecule has 0 saturated carbocycles. The van der Waals surface area contributed by atoms with Gasteiger partial charge in [0.2, 0.25) is 0 Å². The van der Waals surface area contributed by atoms with Crippen molar-refractivity contribution in [2.24, 2.45) is 0 Å². The fourth-order valence-corrected chi connectivity index (χ4v) is 2.60. The van der Waals surface area contributed by atoms with Gasteiger partial charge in [-0.15, -0.1) is 0 Å². The average Bonchev–Trinajstić information content (AvgIpc) is 2.74. The summed E-state index contributed by atoms with van der Waals surface area (Å²) in [6, 6.07) is 0. The quantitative estimate of drug-likeness (QED) is 0.178. The maximum Gasteiger partial charge on any atom is 0.330 e. The number of carbonyl (C=O) groups is 4. The van der Waals surface area contributed by atoms with Crippen LogP contribution in [0.4, 0.5) is 0 Å². The topological polar surface area (TPSA) is 114 Å². The van der Waals surface area contributed by atoms with Crippen molar-refractivity contribution in [1.82, 2.24) is 0 Å². The van der Waals surface area contributed by atoms with Crippen molar-refractivity contribution < 1.29 is 42.9 Å². The molecule has 30 heavy (non-hydrogen) atoms. The van der Waals surface area contributed by atoms with Gasteiger partial charge in [-0.2, -0.15) is 0 Å². The first-order valence-corrected chi connectivity index (χ1v) is 10.0. The summed E-state index contributed by atoms with van der Waals surface area (Å²) in [6.07, 6.45) is 3.79. The monoisotopic (exact) mass is 426 g/mol. The molecule has 168 valence electrons. The van der Waals surface area contributed by atoms with Crippen LogP contribution in [-0.4, -0.2) is 62.5 Å².